The van der Waals surface area contributed by atoms with Gasteiger partial charge in [-0.3, -0.25) is 0 Å². The van der Waals surface area contributed by atoms with Crippen LogP contribution in [0.25, 0.3) is 0 Å². The molecule has 0 aromatic heterocycles. The molecule has 3 aliphatic rings. The van der Waals surface area contributed by atoms with E-state index in [1.165, 1.54) is 44.8 Å². The van der Waals surface area contributed by atoms with Gasteiger partial charge in [-0.2, -0.15) is 0 Å². The molecule has 1 saturated carbocycles. The second-order valence-corrected chi connectivity index (χ2v) is 4.75. The van der Waals surface area contributed by atoms with Gasteiger partial charge in [0.25, 0.3) is 0 Å². The van der Waals surface area contributed by atoms with Crippen LogP contribution in [-0.2, 0) is 0 Å². The van der Waals surface area contributed by atoms with E-state index in [0.29, 0.717) is 0 Å². The second kappa shape index (κ2) is 2.65. The fourth-order valence-corrected chi connectivity index (χ4v) is 3.09. The second-order valence-electron chi connectivity index (χ2n) is 4.75. The van der Waals surface area contributed by atoms with Crippen molar-refractivity contribution >= 4 is 7.28 Å². The van der Waals surface area contributed by atoms with Crippen molar-refractivity contribution in [3.8, 4) is 0 Å². The molecular formula is C11H16B. The van der Waals surface area contributed by atoms with Crippen molar-refractivity contribution in [2.45, 2.75) is 44.8 Å². The monoisotopic (exact) mass is 159 g/mol. The van der Waals surface area contributed by atoms with Gasteiger partial charge in [-0.05, 0) is 24.7 Å². The Morgan fingerprint density at radius 2 is 1.92 bits per heavy atom. The Morgan fingerprint density at radius 3 is 2.67 bits per heavy atom. The van der Waals surface area contributed by atoms with E-state index in [4.69, 9.17) is 0 Å². The van der Waals surface area contributed by atoms with Crippen molar-refractivity contribution in [3.63, 3.8) is 0 Å². The third-order valence-electron chi connectivity index (χ3n) is 3.98. The van der Waals surface area contributed by atoms with Gasteiger partial charge in [-0.1, -0.05) is 37.6 Å². The molecule has 0 bridgehead atoms. The average Bonchev–Trinajstić information content (AvgIpc) is 2.66. The first-order valence-electron chi connectivity index (χ1n) is 5.47. The summed E-state index contributed by atoms with van der Waals surface area (Å²) in [6.45, 7) is 0. The van der Waals surface area contributed by atoms with Gasteiger partial charge < -0.3 is 0 Å². The van der Waals surface area contributed by atoms with E-state index in [2.05, 4.69) is 7.28 Å². The molecule has 3 rings (SSSR count). The Balaban J connectivity index is 1.65. The molecule has 1 fully saturated rings. The lowest BCUT2D eigenvalue weighted by molar-refractivity contribution is 0.365. The fourth-order valence-electron chi connectivity index (χ4n) is 3.09. The van der Waals surface area contributed by atoms with Crippen LogP contribution < -0.4 is 0 Å². The smallest absolute Gasteiger partial charge is 0.105 e. The molecule has 0 unspecified atom stereocenters. The van der Waals surface area contributed by atoms with Crippen LogP contribution in [0.5, 0.6) is 0 Å². The predicted octanol–water partition coefficient (Wildman–Crippen LogP) is 2.98. The highest BCUT2D eigenvalue weighted by Gasteiger charge is 2.34. The molecule has 12 heavy (non-hydrogen) atoms. The molecule has 0 aromatic rings. The molecule has 1 heteroatoms. The summed E-state index contributed by atoms with van der Waals surface area (Å²) >= 11 is 0. The highest BCUT2D eigenvalue weighted by Crippen LogP contribution is 2.46. The van der Waals surface area contributed by atoms with Gasteiger partial charge in [0.15, 0.2) is 0 Å². The standard InChI is InChI=1S/C11H16B/c1-2-4-8(3-1)10-5-9-6-11(9)12-7-10/h8,10H,1-7H2/t10-/m0/s1. The van der Waals surface area contributed by atoms with Gasteiger partial charge in [0.2, 0.25) is 0 Å². The number of hydrogen-bond acceptors (Lipinski definition) is 0. The van der Waals surface area contributed by atoms with Crippen molar-refractivity contribution in [1.29, 1.82) is 0 Å². The number of allylic oxidation sites excluding steroid dienone is 2. The zero-order chi connectivity index (χ0) is 7.97. The van der Waals surface area contributed by atoms with Crippen LogP contribution in [0.1, 0.15) is 38.5 Å². The van der Waals surface area contributed by atoms with Gasteiger partial charge in [-0.15, -0.1) is 5.47 Å². The molecule has 63 valence electrons. The van der Waals surface area contributed by atoms with Crippen molar-refractivity contribution in [2.75, 3.05) is 0 Å². The molecule has 0 amide bonds. The molecule has 0 N–H and O–H groups in total. The molecule has 1 radical (unpaired) electrons. The maximum absolute atomic E-state index is 2.52. The minimum atomic E-state index is 1.05. The largest absolute Gasteiger partial charge is 0.146 e. The molecule has 0 saturated heterocycles. The Bertz CT molecular complexity index is 223. The number of rotatable bonds is 1. The van der Waals surface area contributed by atoms with Crippen LogP contribution in [0.3, 0.4) is 0 Å². The van der Waals surface area contributed by atoms with Crippen molar-refractivity contribution in [1.82, 2.24) is 0 Å². The lowest BCUT2D eigenvalue weighted by Gasteiger charge is -2.23. The van der Waals surface area contributed by atoms with Crippen molar-refractivity contribution < 1.29 is 0 Å². The summed E-state index contributed by atoms with van der Waals surface area (Å²) in [7, 11) is 2.52. The summed E-state index contributed by atoms with van der Waals surface area (Å²) in [6.07, 6.45) is 10.3. The summed E-state index contributed by atoms with van der Waals surface area (Å²) in [4.78, 5) is 0. The zero-order valence-electron chi connectivity index (χ0n) is 7.68. The molecule has 0 nitrogen and oxygen atoms in total. The first-order chi connectivity index (χ1) is 5.93. The maximum atomic E-state index is 2.52. The molecule has 2 aliphatic carbocycles. The fraction of sp³-hybridized carbons (Fsp3) is 0.818. The van der Waals surface area contributed by atoms with Crippen LogP contribution >= 0.6 is 0 Å². The van der Waals surface area contributed by atoms with Gasteiger partial charge in [0.1, 0.15) is 7.28 Å². The lowest BCUT2D eigenvalue weighted by Crippen LogP contribution is -2.15. The summed E-state index contributed by atoms with van der Waals surface area (Å²) in [5, 5.41) is 0. The summed E-state index contributed by atoms with van der Waals surface area (Å²) in [5.41, 5.74) is 3.52. The topological polar surface area (TPSA) is 0 Å². The van der Waals surface area contributed by atoms with Crippen molar-refractivity contribution in [2.24, 2.45) is 11.8 Å². The number of hydrogen-bond donors (Lipinski definition) is 0. The van der Waals surface area contributed by atoms with E-state index >= 15 is 0 Å². The minimum Gasteiger partial charge on any atom is -0.105 e. The van der Waals surface area contributed by atoms with Crippen LogP contribution in [0.4, 0.5) is 0 Å². The van der Waals surface area contributed by atoms with E-state index in [1.54, 1.807) is 11.0 Å². The van der Waals surface area contributed by atoms with E-state index in [1.807, 2.05) is 0 Å². The van der Waals surface area contributed by atoms with Gasteiger partial charge in [0.05, 0.1) is 0 Å². The van der Waals surface area contributed by atoms with Gasteiger partial charge >= 0.3 is 0 Å². The van der Waals surface area contributed by atoms with Gasteiger partial charge in [0, 0.05) is 0 Å². The van der Waals surface area contributed by atoms with E-state index in [-0.39, 0.29) is 0 Å². The highest BCUT2D eigenvalue weighted by molar-refractivity contribution is 6.48. The molecular weight excluding hydrogens is 143 g/mol. The van der Waals surface area contributed by atoms with Crippen molar-refractivity contribution in [3.05, 3.63) is 11.0 Å². The molecule has 0 aromatic carbocycles. The SMILES string of the molecule is [B]1C[C@@H](C2CCCC2)CC2=C1C2. The van der Waals surface area contributed by atoms with Crippen LogP contribution in [0.15, 0.2) is 11.0 Å². The molecule has 1 aliphatic heterocycles. The Morgan fingerprint density at radius 1 is 1.08 bits per heavy atom. The minimum absolute atomic E-state index is 1.05. The molecule has 1 atom stereocenters. The Kier molecular flexibility index (Phi) is 1.60. The first-order valence-corrected chi connectivity index (χ1v) is 5.47. The Hall–Kier alpha value is -0.195. The van der Waals surface area contributed by atoms with Crippen LogP contribution in [0.2, 0.25) is 6.32 Å². The first kappa shape index (κ1) is 7.23. The molecule has 1 heterocycles. The normalized spacial score (nSPS) is 34.8. The third-order valence-corrected chi connectivity index (χ3v) is 3.98. The Labute approximate surface area is 75.7 Å². The van der Waals surface area contributed by atoms with E-state index in [9.17, 15) is 0 Å². The lowest BCUT2D eigenvalue weighted by atomic mass is 9.61. The average molecular weight is 159 g/mol. The van der Waals surface area contributed by atoms with Crippen LogP contribution in [0, 0.1) is 11.8 Å². The summed E-state index contributed by atoms with van der Waals surface area (Å²) in [6, 6.07) is 0. The zero-order valence-corrected chi connectivity index (χ0v) is 7.68. The van der Waals surface area contributed by atoms with Crippen LogP contribution in [-0.4, -0.2) is 7.28 Å². The third kappa shape index (κ3) is 1.14. The maximum Gasteiger partial charge on any atom is 0.146 e. The quantitative estimate of drug-likeness (QED) is 0.516. The van der Waals surface area contributed by atoms with E-state index < -0.39 is 0 Å². The molecule has 0 spiro atoms. The van der Waals surface area contributed by atoms with E-state index in [0.717, 1.165) is 11.8 Å². The van der Waals surface area contributed by atoms with Gasteiger partial charge in [-0.25, -0.2) is 0 Å². The predicted molar refractivity (Wildman–Crippen MR) is 52.3 cm³/mol. The highest BCUT2D eigenvalue weighted by atomic mass is 14.3. The summed E-state index contributed by atoms with van der Waals surface area (Å²) < 4.78 is 0. The summed E-state index contributed by atoms with van der Waals surface area (Å²) in [5.74, 6) is 2.14.